The maximum Gasteiger partial charge on any atom is 0.239 e. The molecule has 0 radical (unpaired) electrons. The molecule has 0 aromatic carbocycles. The molecule has 2 rings (SSSR count). The molecule has 0 aliphatic rings. The summed E-state index contributed by atoms with van der Waals surface area (Å²) in [5.74, 6) is 0.686. The SMILES string of the molecule is CCN(C)C(=O)C(C)NCc1c(OC)nc2sccn12. The van der Waals surface area contributed by atoms with E-state index in [4.69, 9.17) is 4.74 Å². The number of imidazole rings is 1. The Kier molecular flexibility index (Phi) is 4.61. The number of hydrogen-bond acceptors (Lipinski definition) is 5. The fourth-order valence-electron chi connectivity index (χ4n) is 1.96. The Morgan fingerprint density at radius 2 is 2.40 bits per heavy atom. The van der Waals surface area contributed by atoms with Crippen molar-refractivity contribution in [1.82, 2.24) is 19.6 Å². The van der Waals surface area contributed by atoms with Gasteiger partial charge in [0.2, 0.25) is 11.8 Å². The number of carbonyl (C=O) groups is 1. The first-order valence-corrected chi connectivity index (χ1v) is 7.43. The maximum absolute atomic E-state index is 12.0. The molecule has 0 saturated heterocycles. The normalized spacial score (nSPS) is 12.6. The van der Waals surface area contributed by atoms with Crippen LogP contribution in [-0.2, 0) is 11.3 Å². The van der Waals surface area contributed by atoms with Crippen LogP contribution in [0.3, 0.4) is 0 Å². The van der Waals surface area contributed by atoms with Crippen molar-refractivity contribution in [2.24, 2.45) is 0 Å². The van der Waals surface area contributed by atoms with Crippen molar-refractivity contribution >= 4 is 22.2 Å². The summed E-state index contributed by atoms with van der Waals surface area (Å²) in [6.45, 7) is 5.06. The number of rotatable bonds is 6. The highest BCUT2D eigenvalue weighted by Gasteiger charge is 2.18. The molecule has 0 spiro atoms. The van der Waals surface area contributed by atoms with Gasteiger partial charge in [0.25, 0.3) is 0 Å². The number of aromatic nitrogens is 2. The topological polar surface area (TPSA) is 58.9 Å². The number of likely N-dealkylation sites (N-methyl/N-ethyl adjacent to an activating group) is 1. The predicted molar refractivity (Wildman–Crippen MR) is 79.2 cm³/mol. The van der Waals surface area contributed by atoms with Crippen molar-refractivity contribution in [3.05, 3.63) is 17.3 Å². The predicted octanol–water partition coefficient (Wildman–Crippen LogP) is 1.36. The minimum atomic E-state index is -0.242. The van der Waals surface area contributed by atoms with Crippen molar-refractivity contribution < 1.29 is 9.53 Å². The van der Waals surface area contributed by atoms with Gasteiger partial charge in [-0.1, -0.05) is 0 Å². The second-order valence-electron chi connectivity index (χ2n) is 4.58. The van der Waals surface area contributed by atoms with E-state index in [9.17, 15) is 4.79 Å². The molecular formula is C13H20N4O2S. The lowest BCUT2D eigenvalue weighted by atomic mass is 10.3. The Bertz CT molecular complexity index is 592. The standard InChI is InChI=1S/C13H20N4O2S/c1-5-16(3)12(18)9(2)14-8-10-11(19-4)15-13-17(10)6-7-20-13/h6-7,9,14H,5,8H2,1-4H3. The van der Waals surface area contributed by atoms with Crippen LogP contribution in [0.4, 0.5) is 0 Å². The van der Waals surface area contributed by atoms with Gasteiger partial charge in [-0.3, -0.25) is 9.20 Å². The van der Waals surface area contributed by atoms with Crippen molar-refractivity contribution in [2.75, 3.05) is 20.7 Å². The number of nitrogens with zero attached hydrogens (tertiary/aromatic N) is 3. The van der Waals surface area contributed by atoms with Crippen molar-refractivity contribution in [3.8, 4) is 5.88 Å². The van der Waals surface area contributed by atoms with Crippen LogP contribution in [0.25, 0.3) is 4.96 Å². The van der Waals surface area contributed by atoms with E-state index in [-0.39, 0.29) is 11.9 Å². The van der Waals surface area contributed by atoms with Crippen LogP contribution in [0.2, 0.25) is 0 Å². The largest absolute Gasteiger partial charge is 0.480 e. The van der Waals surface area contributed by atoms with Crippen molar-refractivity contribution in [1.29, 1.82) is 0 Å². The van der Waals surface area contributed by atoms with E-state index < -0.39 is 0 Å². The lowest BCUT2D eigenvalue weighted by Crippen LogP contribution is -2.42. The van der Waals surface area contributed by atoms with E-state index in [0.29, 0.717) is 19.0 Å². The van der Waals surface area contributed by atoms with Gasteiger partial charge in [-0.15, -0.1) is 11.3 Å². The molecule has 0 saturated carbocycles. The van der Waals surface area contributed by atoms with Crippen LogP contribution in [0.15, 0.2) is 11.6 Å². The molecule has 2 heterocycles. The number of nitrogens with one attached hydrogen (secondary N) is 1. The van der Waals surface area contributed by atoms with Crippen LogP contribution in [0.1, 0.15) is 19.5 Å². The van der Waals surface area contributed by atoms with Gasteiger partial charge < -0.3 is 15.0 Å². The van der Waals surface area contributed by atoms with Crippen LogP contribution >= 0.6 is 11.3 Å². The summed E-state index contributed by atoms with van der Waals surface area (Å²) < 4.78 is 7.27. The minimum Gasteiger partial charge on any atom is -0.480 e. The zero-order valence-electron chi connectivity index (χ0n) is 12.2. The Morgan fingerprint density at radius 1 is 1.65 bits per heavy atom. The Hall–Kier alpha value is -1.60. The van der Waals surface area contributed by atoms with Crippen molar-refractivity contribution in [2.45, 2.75) is 26.4 Å². The quantitative estimate of drug-likeness (QED) is 0.874. The average molecular weight is 296 g/mol. The summed E-state index contributed by atoms with van der Waals surface area (Å²) in [4.78, 5) is 19.0. The highest BCUT2D eigenvalue weighted by molar-refractivity contribution is 7.15. The van der Waals surface area contributed by atoms with Crippen LogP contribution in [-0.4, -0.2) is 46.9 Å². The smallest absolute Gasteiger partial charge is 0.239 e. The third-order valence-corrected chi connectivity index (χ3v) is 4.07. The molecule has 6 nitrogen and oxygen atoms in total. The molecule has 20 heavy (non-hydrogen) atoms. The molecule has 0 fully saturated rings. The van der Waals surface area contributed by atoms with E-state index in [2.05, 4.69) is 10.3 Å². The zero-order valence-corrected chi connectivity index (χ0v) is 13.0. The molecule has 1 atom stereocenters. The van der Waals surface area contributed by atoms with Gasteiger partial charge in [-0.25, -0.2) is 0 Å². The van der Waals surface area contributed by atoms with E-state index >= 15 is 0 Å². The monoisotopic (exact) mass is 296 g/mol. The van der Waals surface area contributed by atoms with Gasteiger partial charge in [-0.05, 0) is 13.8 Å². The number of carbonyl (C=O) groups excluding carboxylic acids is 1. The first-order chi connectivity index (χ1) is 9.58. The molecule has 110 valence electrons. The fourth-order valence-corrected chi connectivity index (χ4v) is 2.69. The second kappa shape index (κ2) is 6.23. The number of fused-ring (bicyclic) bond motifs is 1. The minimum absolute atomic E-state index is 0.0811. The number of methoxy groups -OCH3 is 1. The fraction of sp³-hybridized carbons (Fsp3) is 0.538. The summed E-state index contributed by atoms with van der Waals surface area (Å²) in [6, 6.07) is -0.242. The average Bonchev–Trinajstić information content (AvgIpc) is 3.03. The van der Waals surface area contributed by atoms with Gasteiger partial charge in [0.15, 0.2) is 4.96 Å². The molecule has 0 aliphatic heterocycles. The second-order valence-corrected chi connectivity index (χ2v) is 5.45. The number of thiazole rings is 1. The summed E-state index contributed by atoms with van der Waals surface area (Å²) in [6.07, 6.45) is 1.96. The first-order valence-electron chi connectivity index (χ1n) is 6.55. The van der Waals surface area contributed by atoms with Gasteiger partial charge in [-0.2, -0.15) is 4.98 Å². The third-order valence-electron chi connectivity index (χ3n) is 3.31. The van der Waals surface area contributed by atoms with E-state index in [1.165, 1.54) is 0 Å². The Morgan fingerprint density at radius 3 is 3.05 bits per heavy atom. The molecule has 2 aromatic rings. The molecular weight excluding hydrogens is 276 g/mol. The van der Waals surface area contributed by atoms with Gasteiger partial charge >= 0.3 is 0 Å². The molecule has 0 aliphatic carbocycles. The number of amides is 1. The van der Waals surface area contributed by atoms with E-state index in [1.807, 2.05) is 29.8 Å². The van der Waals surface area contributed by atoms with Crippen LogP contribution < -0.4 is 10.1 Å². The lowest BCUT2D eigenvalue weighted by Gasteiger charge is -2.20. The number of hydrogen-bond donors (Lipinski definition) is 1. The molecule has 2 aromatic heterocycles. The highest BCUT2D eigenvalue weighted by atomic mass is 32.1. The Labute approximate surface area is 122 Å². The molecule has 1 N–H and O–H groups in total. The van der Waals surface area contributed by atoms with Crippen LogP contribution in [0.5, 0.6) is 5.88 Å². The summed E-state index contributed by atoms with van der Waals surface area (Å²) in [5.41, 5.74) is 0.933. The van der Waals surface area contributed by atoms with E-state index in [0.717, 1.165) is 10.7 Å². The lowest BCUT2D eigenvalue weighted by molar-refractivity contribution is -0.131. The van der Waals surface area contributed by atoms with E-state index in [1.54, 1.807) is 30.4 Å². The van der Waals surface area contributed by atoms with Gasteiger partial charge in [0.1, 0.15) is 5.69 Å². The van der Waals surface area contributed by atoms with Gasteiger partial charge in [0.05, 0.1) is 13.2 Å². The van der Waals surface area contributed by atoms with Gasteiger partial charge in [0, 0.05) is 31.7 Å². The summed E-state index contributed by atoms with van der Waals surface area (Å²) >= 11 is 1.56. The summed E-state index contributed by atoms with van der Waals surface area (Å²) in [7, 11) is 3.41. The Balaban J connectivity index is 2.08. The maximum atomic E-state index is 12.0. The highest BCUT2D eigenvalue weighted by Crippen LogP contribution is 2.22. The molecule has 0 bridgehead atoms. The molecule has 1 unspecified atom stereocenters. The molecule has 1 amide bonds. The molecule has 7 heteroatoms. The number of ether oxygens (including phenoxy) is 1. The zero-order chi connectivity index (χ0) is 14.7. The van der Waals surface area contributed by atoms with Crippen molar-refractivity contribution in [3.63, 3.8) is 0 Å². The third kappa shape index (κ3) is 2.78. The summed E-state index contributed by atoms with van der Waals surface area (Å²) in [5, 5.41) is 5.21. The van der Waals surface area contributed by atoms with Crippen LogP contribution in [0, 0.1) is 0 Å². The first kappa shape index (κ1) is 14.8.